The number of hydrogen-bond acceptors (Lipinski definition) is 6. The molecule has 2 rings (SSSR count). The zero-order valence-electron chi connectivity index (χ0n) is 16.5. The van der Waals surface area contributed by atoms with Crippen LogP contribution in [0.1, 0.15) is 22.8 Å². The lowest BCUT2D eigenvalue weighted by Gasteiger charge is -2.12. The van der Waals surface area contributed by atoms with Crippen LogP contribution in [-0.4, -0.2) is 39.6 Å². The predicted octanol–water partition coefficient (Wildman–Crippen LogP) is 4.19. The first kappa shape index (κ1) is 22.3. The maximum absolute atomic E-state index is 12.4. The minimum Gasteiger partial charge on any atom is -0.493 e. The highest BCUT2D eigenvalue weighted by atomic mass is 79.9. The van der Waals surface area contributed by atoms with E-state index in [1.54, 1.807) is 37.5 Å². The Morgan fingerprint density at radius 3 is 2.59 bits per heavy atom. The van der Waals surface area contributed by atoms with Crippen LogP contribution in [0.3, 0.4) is 0 Å². The highest BCUT2D eigenvalue weighted by Gasteiger charge is 2.12. The van der Waals surface area contributed by atoms with Crippen LogP contribution < -0.4 is 24.4 Å². The number of ether oxygens (including phenoxy) is 4. The Hall–Kier alpha value is -3.00. The lowest BCUT2D eigenvalue weighted by Crippen LogP contribution is -2.17. The van der Waals surface area contributed by atoms with E-state index in [-0.39, 0.29) is 5.91 Å². The van der Waals surface area contributed by atoms with Gasteiger partial charge < -0.3 is 18.9 Å². The van der Waals surface area contributed by atoms with Gasteiger partial charge in [0.2, 0.25) is 0 Å². The molecular weight excluding hydrogens is 440 g/mol. The first-order chi connectivity index (χ1) is 14.0. The van der Waals surface area contributed by atoms with E-state index in [0.29, 0.717) is 41.8 Å². The molecule has 0 radical (unpaired) electrons. The van der Waals surface area contributed by atoms with Crippen LogP contribution in [0.2, 0.25) is 0 Å². The summed E-state index contributed by atoms with van der Waals surface area (Å²) in [6, 6.07) is 8.46. The fraction of sp³-hybridized carbons (Fsp3) is 0.238. The van der Waals surface area contributed by atoms with Crippen LogP contribution in [0.25, 0.3) is 0 Å². The van der Waals surface area contributed by atoms with Gasteiger partial charge in [0.15, 0.2) is 23.0 Å². The first-order valence-electron chi connectivity index (χ1n) is 8.79. The number of hydrazone groups is 1. The molecular formula is C21H23BrN2O5. The van der Waals surface area contributed by atoms with Gasteiger partial charge in [0.1, 0.15) is 6.61 Å². The van der Waals surface area contributed by atoms with Crippen LogP contribution in [0.15, 0.2) is 52.6 Å². The van der Waals surface area contributed by atoms with Crippen molar-refractivity contribution in [2.75, 3.05) is 27.4 Å². The standard InChI is InChI=1S/C21H23BrN2O5/c1-5-9-29-17-8-7-15(12-18(17)26-3)21(25)24-23-13-14-10-16(22)20(27-4)19(11-14)28-6-2/h5,7-8,10-13H,1,6,9H2,2-4H3,(H,24,25)/b23-13+. The molecule has 0 spiro atoms. The molecule has 1 amide bonds. The Morgan fingerprint density at radius 2 is 1.93 bits per heavy atom. The second-order valence-electron chi connectivity index (χ2n) is 5.63. The van der Waals surface area contributed by atoms with E-state index in [1.807, 2.05) is 13.0 Å². The summed E-state index contributed by atoms with van der Waals surface area (Å²) < 4.78 is 22.4. The van der Waals surface area contributed by atoms with E-state index in [2.05, 4.69) is 33.0 Å². The van der Waals surface area contributed by atoms with E-state index < -0.39 is 0 Å². The molecule has 7 nitrogen and oxygen atoms in total. The van der Waals surface area contributed by atoms with Gasteiger partial charge in [-0.1, -0.05) is 12.7 Å². The highest BCUT2D eigenvalue weighted by Crippen LogP contribution is 2.36. The van der Waals surface area contributed by atoms with Crippen molar-refractivity contribution < 1.29 is 23.7 Å². The number of hydrogen-bond donors (Lipinski definition) is 1. The number of amides is 1. The fourth-order valence-corrected chi connectivity index (χ4v) is 3.05. The van der Waals surface area contributed by atoms with Crippen molar-refractivity contribution in [3.8, 4) is 23.0 Å². The van der Waals surface area contributed by atoms with Gasteiger partial charge in [-0.25, -0.2) is 5.43 Å². The van der Waals surface area contributed by atoms with Crippen molar-refractivity contribution in [3.63, 3.8) is 0 Å². The molecule has 0 aromatic heterocycles. The number of nitrogens with one attached hydrogen (secondary N) is 1. The summed E-state index contributed by atoms with van der Waals surface area (Å²) >= 11 is 3.44. The summed E-state index contributed by atoms with van der Waals surface area (Å²) in [7, 11) is 3.08. The van der Waals surface area contributed by atoms with Crippen LogP contribution in [0.5, 0.6) is 23.0 Å². The summed E-state index contributed by atoms with van der Waals surface area (Å²) in [5, 5.41) is 4.02. The molecule has 0 unspecified atom stereocenters. The molecule has 0 saturated carbocycles. The predicted molar refractivity (Wildman–Crippen MR) is 116 cm³/mol. The Kier molecular flexibility index (Phi) is 8.54. The van der Waals surface area contributed by atoms with Gasteiger partial charge in [0.05, 0.1) is 31.5 Å². The number of methoxy groups -OCH3 is 2. The minimum absolute atomic E-state index is 0.341. The van der Waals surface area contributed by atoms with Gasteiger partial charge in [0, 0.05) is 5.56 Å². The summed E-state index contributed by atoms with van der Waals surface area (Å²) in [6.07, 6.45) is 3.15. The average molecular weight is 463 g/mol. The summed E-state index contributed by atoms with van der Waals surface area (Å²) in [5.41, 5.74) is 3.61. The van der Waals surface area contributed by atoms with Gasteiger partial charge in [-0.2, -0.15) is 5.10 Å². The smallest absolute Gasteiger partial charge is 0.271 e. The first-order valence-corrected chi connectivity index (χ1v) is 9.58. The monoisotopic (exact) mass is 462 g/mol. The molecule has 1 N–H and O–H groups in total. The topological polar surface area (TPSA) is 78.4 Å². The van der Waals surface area contributed by atoms with E-state index >= 15 is 0 Å². The van der Waals surface area contributed by atoms with Crippen molar-refractivity contribution in [2.24, 2.45) is 5.10 Å². The molecule has 0 saturated heterocycles. The average Bonchev–Trinajstić information content (AvgIpc) is 2.72. The van der Waals surface area contributed by atoms with Gasteiger partial charge >= 0.3 is 0 Å². The Balaban J connectivity index is 2.12. The Labute approximate surface area is 178 Å². The van der Waals surface area contributed by atoms with E-state index in [9.17, 15) is 4.79 Å². The maximum atomic E-state index is 12.4. The zero-order valence-corrected chi connectivity index (χ0v) is 18.1. The quantitative estimate of drug-likeness (QED) is 0.325. The highest BCUT2D eigenvalue weighted by molar-refractivity contribution is 9.10. The zero-order chi connectivity index (χ0) is 21.2. The Bertz CT molecular complexity index is 899. The van der Waals surface area contributed by atoms with E-state index in [0.717, 1.165) is 10.0 Å². The van der Waals surface area contributed by atoms with Crippen molar-refractivity contribution in [3.05, 3.63) is 58.6 Å². The second kappa shape index (κ2) is 11.1. The molecule has 0 heterocycles. The summed E-state index contributed by atoms with van der Waals surface area (Å²) in [5.74, 6) is 1.77. The third-order valence-corrected chi connectivity index (χ3v) is 4.29. The fourth-order valence-electron chi connectivity index (χ4n) is 2.43. The van der Waals surface area contributed by atoms with Crippen LogP contribution >= 0.6 is 15.9 Å². The van der Waals surface area contributed by atoms with Crippen LogP contribution in [0, 0.1) is 0 Å². The summed E-state index contributed by atoms with van der Waals surface area (Å²) in [6.45, 7) is 6.32. The van der Waals surface area contributed by atoms with Crippen molar-refractivity contribution >= 4 is 28.1 Å². The molecule has 0 atom stereocenters. The lowest BCUT2D eigenvalue weighted by molar-refractivity contribution is 0.0954. The molecule has 2 aromatic carbocycles. The number of nitrogens with zero attached hydrogens (tertiary/aromatic N) is 1. The third kappa shape index (κ3) is 5.99. The molecule has 0 aliphatic rings. The van der Waals surface area contributed by atoms with Crippen molar-refractivity contribution in [1.29, 1.82) is 0 Å². The minimum atomic E-state index is -0.382. The van der Waals surface area contributed by atoms with Gasteiger partial charge in [-0.15, -0.1) is 0 Å². The maximum Gasteiger partial charge on any atom is 0.271 e. The Morgan fingerprint density at radius 1 is 1.14 bits per heavy atom. The van der Waals surface area contributed by atoms with Gasteiger partial charge in [-0.05, 0) is 58.7 Å². The number of carbonyl (C=O) groups excluding carboxylic acids is 1. The molecule has 0 aliphatic carbocycles. The van der Waals surface area contributed by atoms with Gasteiger partial charge in [-0.3, -0.25) is 4.79 Å². The molecule has 0 bridgehead atoms. The van der Waals surface area contributed by atoms with Crippen molar-refractivity contribution in [2.45, 2.75) is 6.92 Å². The van der Waals surface area contributed by atoms with Crippen LogP contribution in [-0.2, 0) is 0 Å². The number of benzene rings is 2. The molecule has 2 aromatic rings. The van der Waals surface area contributed by atoms with Crippen molar-refractivity contribution in [1.82, 2.24) is 5.43 Å². The number of carbonyl (C=O) groups is 1. The second-order valence-corrected chi connectivity index (χ2v) is 6.49. The SMILES string of the molecule is C=CCOc1ccc(C(=O)N/N=C/c2cc(Br)c(OC)c(OCC)c2)cc1OC. The van der Waals surface area contributed by atoms with Crippen LogP contribution in [0.4, 0.5) is 0 Å². The van der Waals surface area contributed by atoms with E-state index in [1.165, 1.54) is 13.3 Å². The lowest BCUT2D eigenvalue weighted by atomic mass is 10.2. The normalized spacial score (nSPS) is 10.5. The molecule has 29 heavy (non-hydrogen) atoms. The number of halogens is 1. The summed E-state index contributed by atoms with van der Waals surface area (Å²) in [4.78, 5) is 12.4. The largest absolute Gasteiger partial charge is 0.493 e. The molecule has 0 aliphatic heterocycles. The van der Waals surface area contributed by atoms with E-state index in [4.69, 9.17) is 18.9 Å². The molecule has 8 heteroatoms. The molecule has 0 fully saturated rings. The number of rotatable bonds is 10. The molecule has 154 valence electrons. The van der Waals surface area contributed by atoms with Gasteiger partial charge in [0.25, 0.3) is 5.91 Å². The third-order valence-electron chi connectivity index (χ3n) is 3.70.